The lowest BCUT2D eigenvalue weighted by atomic mass is 9.86. The highest BCUT2D eigenvalue weighted by molar-refractivity contribution is 7.99. The van der Waals surface area contributed by atoms with Crippen LogP contribution in [0, 0.1) is 6.92 Å². The van der Waals surface area contributed by atoms with E-state index in [9.17, 15) is 0 Å². The van der Waals surface area contributed by atoms with E-state index in [1.54, 1.807) is 0 Å². The summed E-state index contributed by atoms with van der Waals surface area (Å²) in [6.45, 7) is 5.47. The van der Waals surface area contributed by atoms with Crippen LogP contribution in [0.3, 0.4) is 0 Å². The second-order valence-corrected chi connectivity index (χ2v) is 6.94. The fourth-order valence-electron chi connectivity index (χ4n) is 3.12. The monoisotopic (exact) mass is 277 g/mol. The highest BCUT2D eigenvalue weighted by Gasteiger charge is 2.43. The third-order valence-electron chi connectivity index (χ3n) is 4.15. The van der Waals surface area contributed by atoms with Gasteiger partial charge in [0.2, 0.25) is 0 Å². The molecule has 2 aliphatic rings. The van der Waals surface area contributed by atoms with Gasteiger partial charge in [0.05, 0.1) is 0 Å². The van der Waals surface area contributed by atoms with Crippen LogP contribution in [0.15, 0.2) is 18.2 Å². The van der Waals surface area contributed by atoms with Crippen LogP contribution in [0.4, 0.5) is 0 Å². The molecule has 2 aliphatic heterocycles. The van der Waals surface area contributed by atoms with Gasteiger partial charge in [-0.1, -0.05) is 24.6 Å². The minimum atomic E-state index is 0.0817. The molecule has 19 heavy (non-hydrogen) atoms. The lowest BCUT2D eigenvalue weighted by molar-refractivity contribution is 0.0552. The van der Waals surface area contributed by atoms with E-state index in [4.69, 9.17) is 4.74 Å². The van der Waals surface area contributed by atoms with Gasteiger partial charge in [-0.25, -0.2) is 0 Å². The summed E-state index contributed by atoms with van der Waals surface area (Å²) in [4.78, 5) is 0. The van der Waals surface area contributed by atoms with Crippen molar-refractivity contribution in [1.29, 1.82) is 0 Å². The quantitative estimate of drug-likeness (QED) is 0.910. The first kappa shape index (κ1) is 13.3. The number of hydrogen-bond acceptors (Lipinski definition) is 3. The predicted molar refractivity (Wildman–Crippen MR) is 82.1 cm³/mol. The van der Waals surface area contributed by atoms with Gasteiger partial charge in [0.15, 0.2) is 0 Å². The molecule has 1 saturated heterocycles. The van der Waals surface area contributed by atoms with Gasteiger partial charge < -0.3 is 10.1 Å². The SMILES string of the molecule is CCCNC1CC2(CCSC2)Oc2ccc(C)cc21. The fourth-order valence-corrected chi connectivity index (χ4v) is 4.47. The zero-order valence-electron chi connectivity index (χ0n) is 11.9. The average molecular weight is 277 g/mol. The molecule has 3 rings (SSSR count). The fraction of sp³-hybridized carbons (Fsp3) is 0.625. The lowest BCUT2D eigenvalue weighted by Gasteiger charge is -2.40. The van der Waals surface area contributed by atoms with E-state index in [0.29, 0.717) is 6.04 Å². The third-order valence-corrected chi connectivity index (χ3v) is 5.37. The molecule has 2 atom stereocenters. The number of benzene rings is 1. The van der Waals surface area contributed by atoms with Gasteiger partial charge in [-0.3, -0.25) is 0 Å². The highest BCUT2D eigenvalue weighted by atomic mass is 32.2. The minimum Gasteiger partial charge on any atom is -0.486 e. The molecule has 2 unspecified atom stereocenters. The maximum atomic E-state index is 6.38. The molecule has 2 nitrogen and oxygen atoms in total. The van der Waals surface area contributed by atoms with E-state index in [2.05, 4.69) is 37.4 Å². The normalized spacial score (nSPS) is 29.3. The Hall–Kier alpha value is -0.670. The Kier molecular flexibility index (Phi) is 3.77. The smallest absolute Gasteiger partial charge is 0.124 e. The van der Waals surface area contributed by atoms with Gasteiger partial charge >= 0.3 is 0 Å². The molecule has 0 bridgehead atoms. The molecule has 0 saturated carbocycles. The largest absolute Gasteiger partial charge is 0.486 e. The molecule has 0 radical (unpaired) electrons. The molecule has 1 N–H and O–H groups in total. The van der Waals surface area contributed by atoms with Crippen molar-refractivity contribution in [3.8, 4) is 5.75 Å². The van der Waals surface area contributed by atoms with Crippen molar-refractivity contribution in [2.24, 2.45) is 0 Å². The summed E-state index contributed by atoms with van der Waals surface area (Å²) in [6.07, 6.45) is 3.49. The van der Waals surface area contributed by atoms with Crippen molar-refractivity contribution in [3.05, 3.63) is 29.3 Å². The summed E-state index contributed by atoms with van der Waals surface area (Å²) in [5.74, 6) is 3.49. The van der Waals surface area contributed by atoms with E-state index in [0.717, 1.165) is 24.5 Å². The summed E-state index contributed by atoms with van der Waals surface area (Å²) in [6, 6.07) is 7.08. The Balaban J connectivity index is 1.91. The molecule has 2 heterocycles. The second-order valence-electron chi connectivity index (χ2n) is 5.84. The summed E-state index contributed by atoms with van der Waals surface area (Å²) in [5, 5.41) is 3.72. The van der Waals surface area contributed by atoms with Gasteiger partial charge in [0.1, 0.15) is 11.4 Å². The maximum absolute atomic E-state index is 6.38. The minimum absolute atomic E-state index is 0.0817. The van der Waals surface area contributed by atoms with Crippen LogP contribution < -0.4 is 10.1 Å². The Morgan fingerprint density at radius 2 is 2.37 bits per heavy atom. The summed E-state index contributed by atoms with van der Waals surface area (Å²) < 4.78 is 6.38. The van der Waals surface area contributed by atoms with Crippen LogP contribution in [-0.4, -0.2) is 23.7 Å². The molecule has 1 fully saturated rings. The molecule has 1 aromatic rings. The Morgan fingerprint density at radius 1 is 1.47 bits per heavy atom. The summed E-state index contributed by atoms with van der Waals surface area (Å²) in [5.41, 5.74) is 2.76. The number of hydrogen-bond donors (Lipinski definition) is 1. The molecule has 104 valence electrons. The topological polar surface area (TPSA) is 21.3 Å². The molecular weight excluding hydrogens is 254 g/mol. The second kappa shape index (κ2) is 5.37. The molecule has 0 amide bonds. The zero-order chi connectivity index (χ0) is 13.3. The molecule has 3 heteroatoms. The number of ether oxygens (including phenoxy) is 1. The van der Waals surface area contributed by atoms with Crippen molar-refractivity contribution in [3.63, 3.8) is 0 Å². The predicted octanol–water partition coefficient (Wildman–Crippen LogP) is 3.69. The Labute approximate surface area is 120 Å². The van der Waals surface area contributed by atoms with E-state index in [1.807, 2.05) is 11.8 Å². The maximum Gasteiger partial charge on any atom is 0.124 e. The standard InChI is InChI=1S/C16H23NOS/c1-3-7-17-14-10-16(6-8-19-11-16)18-15-5-4-12(2)9-13(14)15/h4-5,9,14,17H,3,6-8,10-11H2,1-2H3. The lowest BCUT2D eigenvalue weighted by Crippen LogP contribution is -2.44. The zero-order valence-corrected chi connectivity index (χ0v) is 12.7. The van der Waals surface area contributed by atoms with E-state index in [-0.39, 0.29) is 5.60 Å². The Morgan fingerprint density at radius 3 is 3.11 bits per heavy atom. The van der Waals surface area contributed by atoms with Crippen molar-refractivity contribution < 1.29 is 4.74 Å². The van der Waals surface area contributed by atoms with Crippen molar-refractivity contribution >= 4 is 11.8 Å². The number of aryl methyl sites for hydroxylation is 1. The van der Waals surface area contributed by atoms with Gasteiger partial charge in [-0.2, -0.15) is 11.8 Å². The first-order valence-corrected chi connectivity index (χ1v) is 8.49. The van der Waals surface area contributed by atoms with Crippen LogP contribution in [0.2, 0.25) is 0 Å². The van der Waals surface area contributed by atoms with Crippen molar-refractivity contribution in [2.75, 3.05) is 18.1 Å². The van der Waals surface area contributed by atoms with Crippen LogP contribution >= 0.6 is 11.8 Å². The molecule has 0 aromatic heterocycles. The number of rotatable bonds is 3. The van der Waals surface area contributed by atoms with Gasteiger partial charge in [-0.05, 0) is 38.1 Å². The molecule has 1 aromatic carbocycles. The first-order chi connectivity index (χ1) is 9.22. The van der Waals surface area contributed by atoms with Crippen LogP contribution in [0.25, 0.3) is 0 Å². The molecule has 0 aliphatic carbocycles. The van der Waals surface area contributed by atoms with Gasteiger partial charge in [0, 0.05) is 23.8 Å². The van der Waals surface area contributed by atoms with Crippen LogP contribution in [0.5, 0.6) is 5.75 Å². The van der Waals surface area contributed by atoms with Crippen LogP contribution in [-0.2, 0) is 0 Å². The molecular formula is C16H23NOS. The van der Waals surface area contributed by atoms with Gasteiger partial charge in [0.25, 0.3) is 0 Å². The summed E-state index contributed by atoms with van der Waals surface area (Å²) >= 11 is 2.03. The van der Waals surface area contributed by atoms with E-state index < -0.39 is 0 Å². The highest BCUT2D eigenvalue weighted by Crippen LogP contribution is 2.46. The van der Waals surface area contributed by atoms with Crippen molar-refractivity contribution in [1.82, 2.24) is 5.32 Å². The van der Waals surface area contributed by atoms with Crippen molar-refractivity contribution in [2.45, 2.75) is 44.8 Å². The number of fused-ring (bicyclic) bond motifs is 1. The van der Waals surface area contributed by atoms with E-state index in [1.165, 1.54) is 29.7 Å². The van der Waals surface area contributed by atoms with Gasteiger partial charge in [-0.15, -0.1) is 0 Å². The number of thioether (sulfide) groups is 1. The first-order valence-electron chi connectivity index (χ1n) is 7.33. The summed E-state index contributed by atoms with van der Waals surface area (Å²) in [7, 11) is 0. The Bertz CT molecular complexity index is 454. The van der Waals surface area contributed by atoms with E-state index >= 15 is 0 Å². The average Bonchev–Trinajstić information content (AvgIpc) is 2.85. The third kappa shape index (κ3) is 2.63. The number of nitrogens with one attached hydrogen (secondary N) is 1. The van der Waals surface area contributed by atoms with Crippen LogP contribution in [0.1, 0.15) is 43.4 Å². The molecule has 1 spiro atoms.